The maximum absolute atomic E-state index is 6.24. The summed E-state index contributed by atoms with van der Waals surface area (Å²) in [6, 6.07) is 8.27. The number of nitrogens with two attached hydrogens (primary N) is 1. The molecule has 0 amide bonds. The van der Waals surface area contributed by atoms with Crippen molar-refractivity contribution in [3.8, 4) is 5.75 Å². The van der Waals surface area contributed by atoms with Crippen molar-refractivity contribution >= 4 is 0 Å². The normalized spacial score (nSPS) is 15.1. The molecule has 0 spiro atoms. The SMILES string of the molecule is CCCC(C)COc1ccc([C@@H](N)C(C)(C)C)cc1. The maximum atomic E-state index is 6.24. The molecule has 0 fully saturated rings. The minimum absolute atomic E-state index is 0.0561. The summed E-state index contributed by atoms with van der Waals surface area (Å²) in [5.74, 6) is 1.55. The Morgan fingerprint density at radius 1 is 1.16 bits per heavy atom. The smallest absolute Gasteiger partial charge is 0.119 e. The molecule has 0 aliphatic carbocycles. The number of rotatable bonds is 6. The van der Waals surface area contributed by atoms with E-state index >= 15 is 0 Å². The summed E-state index contributed by atoms with van der Waals surface area (Å²) in [6.45, 7) is 11.7. The van der Waals surface area contributed by atoms with Crippen LogP contribution in [0.5, 0.6) is 5.75 Å². The van der Waals surface area contributed by atoms with Gasteiger partial charge in [-0.15, -0.1) is 0 Å². The third kappa shape index (κ3) is 5.23. The fraction of sp³-hybridized carbons (Fsp3) is 0.647. The Hall–Kier alpha value is -1.02. The zero-order valence-electron chi connectivity index (χ0n) is 13.1. The molecular formula is C17H29NO. The summed E-state index contributed by atoms with van der Waals surface area (Å²) in [6.07, 6.45) is 2.43. The first-order valence-corrected chi connectivity index (χ1v) is 7.33. The number of benzene rings is 1. The predicted octanol–water partition coefficient (Wildman–Crippen LogP) is 4.55. The summed E-state index contributed by atoms with van der Waals surface area (Å²) in [5, 5.41) is 0. The van der Waals surface area contributed by atoms with E-state index in [1.807, 2.05) is 12.1 Å². The molecule has 0 saturated carbocycles. The van der Waals surface area contributed by atoms with Gasteiger partial charge in [-0.2, -0.15) is 0 Å². The molecule has 0 bridgehead atoms. The van der Waals surface area contributed by atoms with Gasteiger partial charge in [0.25, 0.3) is 0 Å². The zero-order valence-corrected chi connectivity index (χ0v) is 13.1. The summed E-state index contributed by atoms with van der Waals surface area (Å²) >= 11 is 0. The van der Waals surface area contributed by atoms with E-state index in [0.29, 0.717) is 5.92 Å². The van der Waals surface area contributed by atoms with Gasteiger partial charge in [0.05, 0.1) is 6.61 Å². The molecule has 19 heavy (non-hydrogen) atoms. The van der Waals surface area contributed by atoms with E-state index in [1.165, 1.54) is 18.4 Å². The highest BCUT2D eigenvalue weighted by Gasteiger charge is 2.21. The molecule has 0 radical (unpaired) electrons. The molecule has 0 aliphatic rings. The highest BCUT2D eigenvalue weighted by Crippen LogP contribution is 2.31. The molecule has 1 aromatic carbocycles. The molecule has 108 valence electrons. The molecule has 2 nitrogen and oxygen atoms in total. The van der Waals surface area contributed by atoms with Crippen LogP contribution < -0.4 is 10.5 Å². The molecule has 1 unspecified atom stereocenters. The van der Waals surface area contributed by atoms with Gasteiger partial charge in [-0.25, -0.2) is 0 Å². The number of hydrogen-bond acceptors (Lipinski definition) is 2. The van der Waals surface area contributed by atoms with Crippen molar-refractivity contribution in [2.45, 2.75) is 53.5 Å². The van der Waals surface area contributed by atoms with Crippen LogP contribution in [0.3, 0.4) is 0 Å². The van der Waals surface area contributed by atoms with Crippen molar-refractivity contribution in [3.05, 3.63) is 29.8 Å². The van der Waals surface area contributed by atoms with Crippen LogP contribution in [0.25, 0.3) is 0 Å². The fourth-order valence-electron chi connectivity index (χ4n) is 2.09. The van der Waals surface area contributed by atoms with Crippen LogP contribution in [0.15, 0.2) is 24.3 Å². The van der Waals surface area contributed by atoms with E-state index in [4.69, 9.17) is 10.5 Å². The van der Waals surface area contributed by atoms with Crippen LogP contribution in [0, 0.1) is 11.3 Å². The molecule has 0 heterocycles. The molecule has 0 aromatic heterocycles. The van der Waals surface area contributed by atoms with E-state index in [1.54, 1.807) is 0 Å². The summed E-state index contributed by atoms with van der Waals surface area (Å²) < 4.78 is 5.80. The predicted molar refractivity (Wildman–Crippen MR) is 82.4 cm³/mol. The third-order valence-electron chi connectivity index (χ3n) is 3.49. The van der Waals surface area contributed by atoms with Crippen LogP contribution in [0.2, 0.25) is 0 Å². The van der Waals surface area contributed by atoms with Crippen molar-refractivity contribution < 1.29 is 4.74 Å². The first-order chi connectivity index (χ1) is 8.84. The minimum atomic E-state index is 0.0561. The molecule has 0 aliphatic heterocycles. The summed E-state index contributed by atoms with van der Waals surface area (Å²) in [7, 11) is 0. The largest absolute Gasteiger partial charge is 0.493 e. The molecule has 1 rings (SSSR count). The topological polar surface area (TPSA) is 35.2 Å². The second-order valence-electron chi connectivity index (χ2n) is 6.62. The standard InChI is InChI=1S/C17H29NO/c1-6-7-13(2)12-19-15-10-8-14(9-11-15)16(18)17(3,4)5/h8-11,13,16H,6-7,12,18H2,1-5H3/t13?,16-/m1/s1. The lowest BCUT2D eigenvalue weighted by molar-refractivity contribution is 0.251. The summed E-state index contributed by atoms with van der Waals surface area (Å²) in [5.41, 5.74) is 7.49. The second-order valence-corrected chi connectivity index (χ2v) is 6.62. The van der Waals surface area contributed by atoms with Crippen molar-refractivity contribution in [2.75, 3.05) is 6.61 Å². The Balaban J connectivity index is 2.57. The maximum Gasteiger partial charge on any atom is 0.119 e. The first-order valence-electron chi connectivity index (χ1n) is 7.33. The van der Waals surface area contributed by atoms with Gasteiger partial charge in [0, 0.05) is 6.04 Å². The second kappa shape index (κ2) is 6.95. The molecule has 2 N–H and O–H groups in total. The lowest BCUT2D eigenvalue weighted by Gasteiger charge is -2.27. The van der Waals surface area contributed by atoms with Gasteiger partial charge in [0.2, 0.25) is 0 Å². The van der Waals surface area contributed by atoms with Gasteiger partial charge >= 0.3 is 0 Å². The molecule has 2 heteroatoms. The Bertz CT molecular complexity index is 364. The van der Waals surface area contributed by atoms with Gasteiger partial charge in [0.1, 0.15) is 5.75 Å². The lowest BCUT2D eigenvalue weighted by Crippen LogP contribution is -2.26. The zero-order chi connectivity index (χ0) is 14.5. The van der Waals surface area contributed by atoms with Crippen molar-refractivity contribution in [1.29, 1.82) is 0 Å². The van der Waals surface area contributed by atoms with Crippen molar-refractivity contribution in [1.82, 2.24) is 0 Å². The van der Waals surface area contributed by atoms with Gasteiger partial charge in [-0.3, -0.25) is 0 Å². The quantitative estimate of drug-likeness (QED) is 0.817. The van der Waals surface area contributed by atoms with Crippen LogP contribution >= 0.6 is 0 Å². The van der Waals surface area contributed by atoms with E-state index in [9.17, 15) is 0 Å². The monoisotopic (exact) mass is 263 g/mol. The van der Waals surface area contributed by atoms with E-state index < -0.39 is 0 Å². The Kier molecular flexibility index (Phi) is 5.86. The molecule has 1 aromatic rings. The highest BCUT2D eigenvalue weighted by molar-refractivity contribution is 5.29. The fourth-order valence-corrected chi connectivity index (χ4v) is 2.09. The molecule has 0 saturated heterocycles. The lowest BCUT2D eigenvalue weighted by atomic mass is 9.83. The third-order valence-corrected chi connectivity index (χ3v) is 3.49. The average Bonchev–Trinajstić information content (AvgIpc) is 2.35. The molecular weight excluding hydrogens is 234 g/mol. The Morgan fingerprint density at radius 2 is 1.74 bits per heavy atom. The van der Waals surface area contributed by atoms with Crippen LogP contribution in [0.1, 0.15) is 59.1 Å². The van der Waals surface area contributed by atoms with Crippen molar-refractivity contribution in [3.63, 3.8) is 0 Å². The van der Waals surface area contributed by atoms with Gasteiger partial charge < -0.3 is 10.5 Å². The van der Waals surface area contributed by atoms with E-state index in [0.717, 1.165) is 12.4 Å². The van der Waals surface area contributed by atoms with E-state index in [-0.39, 0.29) is 11.5 Å². The summed E-state index contributed by atoms with van der Waals surface area (Å²) in [4.78, 5) is 0. The number of hydrogen-bond donors (Lipinski definition) is 1. The van der Waals surface area contributed by atoms with Crippen LogP contribution in [-0.4, -0.2) is 6.61 Å². The van der Waals surface area contributed by atoms with Crippen molar-refractivity contribution in [2.24, 2.45) is 17.1 Å². The Labute approximate surface area is 118 Å². The van der Waals surface area contributed by atoms with Gasteiger partial charge in [-0.05, 0) is 35.4 Å². The van der Waals surface area contributed by atoms with Gasteiger partial charge in [0.15, 0.2) is 0 Å². The minimum Gasteiger partial charge on any atom is -0.493 e. The average molecular weight is 263 g/mol. The van der Waals surface area contributed by atoms with Gasteiger partial charge in [-0.1, -0.05) is 53.2 Å². The van der Waals surface area contributed by atoms with Crippen LogP contribution in [0.4, 0.5) is 0 Å². The number of ether oxygens (including phenoxy) is 1. The van der Waals surface area contributed by atoms with Crippen LogP contribution in [-0.2, 0) is 0 Å². The highest BCUT2D eigenvalue weighted by atomic mass is 16.5. The van der Waals surface area contributed by atoms with E-state index in [2.05, 4.69) is 46.8 Å². The first kappa shape index (κ1) is 16.0. The molecule has 2 atom stereocenters. The Morgan fingerprint density at radius 3 is 2.21 bits per heavy atom.